The molecule has 242 valence electrons. The lowest BCUT2D eigenvalue weighted by Gasteiger charge is -2.19. The third-order valence-corrected chi connectivity index (χ3v) is 18.2. The highest BCUT2D eigenvalue weighted by Crippen LogP contribution is 2.55. The van der Waals surface area contributed by atoms with E-state index in [1.165, 1.54) is 34.6 Å². The second kappa shape index (κ2) is 16.6. The van der Waals surface area contributed by atoms with Gasteiger partial charge in [-0.15, -0.1) is 68.0 Å². The van der Waals surface area contributed by atoms with Gasteiger partial charge in [0, 0.05) is 60.9 Å². The second-order valence-electron chi connectivity index (χ2n) is 9.38. The highest BCUT2D eigenvalue weighted by atomic mass is 32.1. The Labute approximate surface area is 294 Å². The Hall–Kier alpha value is -1.66. The lowest BCUT2D eigenvalue weighted by atomic mass is 10.3. The molecule has 0 saturated carbocycles. The minimum absolute atomic E-state index is 0.299. The Morgan fingerprint density at radius 1 is 0.609 bits per heavy atom. The number of hydrogen-bond acceptors (Lipinski definition) is 12. The Morgan fingerprint density at radius 2 is 1.11 bits per heavy atom. The fraction of sp³-hybridized carbons (Fsp3) is 0.250. The van der Waals surface area contributed by atoms with Gasteiger partial charge in [-0.25, -0.2) is 0 Å². The minimum atomic E-state index is -3.59. The third kappa shape index (κ3) is 7.64. The maximum atomic E-state index is 14.5. The average molecular weight is 767 g/mol. The molecule has 0 N–H and O–H groups in total. The average Bonchev–Trinajstić information content (AvgIpc) is 3.90. The van der Waals surface area contributed by atoms with Crippen LogP contribution in [-0.2, 0) is 18.1 Å². The van der Waals surface area contributed by atoms with E-state index >= 15 is 0 Å². The molecular formula is C32H32O6P2S6. The molecular weight excluding hydrogens is 735 g/mol. The van der Waals surface area contributed by atoms with Gasteiger partial charge in [0.25, 0.3) is 0 Å². The Balaban J connectivity index is 0.00000204. The standard InChI is InChI=1S/C32H32O4P2S6.O2/c1-5-34-37(8-4)21-19-29(27-15-13-25(41-27)23-11-9-17-39-23)43-31(21)32-22(38(33,35-6-2)36-7-3)20-30(44-32)28-16-14-26(42-28)24-12-10-18-40-24;1-2/h9-20H,5-8H2,1-4H3;. The van der Waals surface area contributed by atoms with Gasteiger partial charge < -0.3 is 13.6 Å². The van der Waals surface area contributed by atoms with E-state index in [0.29, 0.717) is 25.1 Å². The van der Waals surface area contributed by atoms with Gasteiger partial charge in [-0.1, -0.05) is 19.1 Å². The predicted octanol–water partition coefficient (Wildman–Crippen LogP) is 12.4. The van der Waals surface area contributed by atoms with E-state index in [9.17, 15) is 4.57 Å². The van der Waals surface area contributed by atoms with E-state index in [1.807, 2.05) is 31.3 Å². The smallest absolute Gasteiger partial charge is 0.355 e. The van der Waals surface area contributed by atoms with E-state index in [-0.39, 0.29) is 0 Å². The summed E-state index contributed by atoms with van der Waals surface area (Å²) in [6.07, 6.45) is 0.897. The summed E-state index contributed by atoms with van der Waals surface area (Å²) in [4.78, 5) is 25.7. The van der Waals surface area contributed by atoms with Crippen molar-refractivity contribution in [3.63, 3.8) is 0 Å². The van der Waals surface area contributed by atoms with Crippen LogP contribution in [0, 0.1) is 9.93 Å². The summed E-state index contributed by atoms with van der Waals surface area (Å²) in [5.74, 6) is 0. The fourth-order valence-electron chi connectivity index (χ4n) is 4.77. The van der Waals surface area contributed by atoms with Gasteiger partial charge in [-0.3, -0.25) is 4.57 Å². The van der Waals surface area contributed by atoms with E-state index in [0.717, 1.165) is 25.7 Å². The number of thiophene rings is 6. The van der Waals surface area contributed by atoms with Crippen molar-refractivity contribution < 1.29 is 18.1 Å². The zero-order valence-corrected chi connectivity index (χ0v) is 32.2. The molecule has 0 radical (unpaired) electrons. The normalized spacial score (nSPS) is 12.3. The molecule has 6 aromatic rings. The lowest BCUT2D eigenvalue weighted by Crippen LogP contribution is -2.13. The molecule has 0 aliphatic rings. The topological polar surface area (TPSA) is 78.9 Å². The van der Waals surface area contributed by atoms with E-state index in [1.54, 1.807) is 56.7 Å². The third-order valence-electron chi connectivity index (χ3n) is 6.59. The first-order valence-electron chi connectivity index (χ1n) is 14.5. The van der Waals surface area contributed by atoms with Crippen LogP contribution < -0.4 is 10.6 Å². The van der Waals surface area contributed by atoms with Gasteiger partial charge in [-0.2, -0.15) is 0 Å². The van der Waals surface area contributed by atoms with E-state index in [4.69, 9.17) is 23.5 Å². The highest BCUT2D eigenvalue weighted by molar-refractivity contribution is 7.64. The van der Waals surface area contributed by atoms with Crippen LogP contribution in [-0.4, -0.2) is 26.0 Å². The summed E-state index contributed by atoms with van der Waals surface area (Å²) in [7, 11) is -4.46. The van der Waals surface area contributed by atoms with Crippen molar-refractivity contribution in [3.8, 4) is 48.8 Å². The second-order valence-corrected chi connectivity index (χ2v) is 19.7. The lowest BCUT2D eigenvalue weighted by molar-refractivity contribution is 0.230. The Morgan fingerprint density at radius 3 is 1.57 bits per heavy atom. The maximum absolute atomic E-state index is 14.5. The van der Waals surface area contributed by atoms with Crippen LogP contribution in [0.2, 0.25) is 0 Å². The van der Waals surface area contributed by atoms with Crippen molar-refractivity contribution in [2.24, 2.45) is 0 Å². The van der Waals surface area contributed by atoms with Crippen LogP contribution in [0.3, 0.4) is 0 Å². The molecule has 46 heavy (non-hydrogen) atoms. The molecule has 0 saturated heterocycles. The van der Waals surface area contributed by atoms with Crippen molar-refractivity contribution in [1.82, 2.24) is 0 Å². The molecule has 0 bridgehead atoms. The fourth-order valence-corrected chi connectivity index (χ4v) is 15.4. The Bertz CT molecular complexity index is 1860. The molecule has 6 aromatic heterocycles. The first kappa shape index (κ1) is 35.6. The molecule has 6 heterocycles. The molecule has 6 rings (SSSR count). The van der Waals surface area contributed by atoms with Crippen LogP contribution in [0.15, 0.2) is 71.4 Å². The van der Waals surface area contributed by atoms with Crippen molar-refractivity contribution in [1.29, 1.82) is 0 Å². The zero-order chi connectivity index (χ0) is 32.7. The summed E-state index contributed by atoms with van der Waals surface area (Å²) in [6, 6.07) is 21.6. The summed E-state index contributed by atoms with van der Waals surface area (Å²) < 4.78 is 32.8. The predicted molar refractivity (Wildman–Crippen MR) is 207 cm³/mol. The van der Waals surface area contributed by atoms with Gasteiger partial charge in [0.15, 0.2) is 0 Å². The summed E-state index contributed by atoms with van der Waals surface area (Å²) in [5.41, 5.74) is 0. The van der Waals surface area contributed by atoms with Gasteiger partial charge in [0.05, 0.1) is 36.4 Å². The molecule has 1 unspecified atom stereocenters. The quantitative estimate of drug-likeness (QED) is 0.103. The van der Waals surface area contributed by atoms with Crippen LogP contribution in [0.25, 0.3) is 48.8 Å². The van der Waals surface area contributed by atoms with Crippen LogP contribution in [0.4, 0.5) is 0 Å². The largest absolute Gasteiger partial charge is 0.362 e. The monoisotopic (exact) mass is 766 g/mol. The zero-order valence-electron chi connectivity index (χ0n) is 25.6. The van der Waals surface area contributed by atoms with Gasteiger partial charge >= 0.3 is 7.60 Å². The molecule has 0 spiro atoms. The van der Waals surface area contributed by atoms with Crippen molar-refractivity contribution in [3.05, 3.63) is 81.4 Å². The highest BCUT2D eigenvalue weighted by Gasteiger charge is 2.35. The van der Waals surface area contributed by atoms with Gasteiger partial charge in [0.2, 0.25) is 0 Å². The molecule has 14 heteroatoms. The minimum Gasteiger partial charge on any atom is -0.355 e. The first-order chi connectivity index (χ1) is 22.5. The maximum Gasteiger partial charge on any atom is 0.362 e. The molecule has 0 amide bonds. The van der Waals surface area contributed by atoms with E-state index in [2.05, 4.69) is 79.2 Å². The van der Waals surface area contributed by atoms with Crippen LogP contribution in [0.1, 0.15) is 27.7 Å². The van der Waals surface area contributed by atoms with Crippen molar-refractivity contribution >= 4 is 94.4 Å². The number of rotatable bonds is 14. The summed E-state index contributed by atoms with van der Waals surface area (Å²) >= 11 is 10.5. The van der Waals surface area contributed by atoms with Gasteiger partial charge in [0.1, 0.15) is 0 Å². The molecule has 0 aliphatic heterocycles. The molecule has 0 aromatic carbocycles. The molecule has 6 nitrogen and oxygen atoms in total. The van der Waals surface area contributed by atoms with E-state index < -0.39 is 15.7 Å². The van der Waals surface area contributed by atoms with Crippen LogP contribution in [0.5, 0.6) is 0 Å². The van der Waals surface area contributed by atoms with Crippen molar-refractivity contribution in [2.45, 2.75) is 27.7 Å². The van der Waals surface area contributed by atoms with Gasteiger partial charge in [-0.05, 0) is 86.2 Å². The first-order valence-corrected chi connectivity index (χ1v) is 22.5. The molecule has 0 fully saturated rings. The number of hydrogen-bond donors (Lipinski definition) is 0. The molecule has 1 atom stereocenters. The van der Waals surface area contributed by atoms with Crippen LogP contribution >= 0.6 is 83.8 Å². The van der Waals surface area contributed by atoms with Crippen molar-refractivity contribution in [2.75, 3.05) is 26.0 Å². The summed E-state index contributed by atoms with van der Waals surface area (Å²) in [5, 5.41) is 6.06. The summed E-state index contributed by atoms with van der Waals surface area (Å²) in [6.45, 7) is 9.22. The SMILES string of the molecule is CCOP(CC)c1cc(-c2ccc(-c3cccs3)s2)sc1-c1sc(-c2ccc(-c3cccs3)s2)cc1P(=O)(OCC)OCC.O=O. The molecule has 0 aliphatic carbocycles. The Kier molecular flexibility index (Phi) is 12.9.